The molecule has 0 aliphatic rings. The summed E-state index contributed by atoms with van der Waals surface area (Å²) < 4.78 is 2.09. The summed E-state index contributed by atoms with van der Waals surface area (Å²) >= 11 is 0. The quantitative estimate of drug-likeness (QED) is 0.714. The molecule has 0 radical (unpaired) electrons. The topological polar surface area (TPSA) is 33.1 Å². The van der Waals surface area contributed by atoms with E-state index in [-0.39, 0.29) is 0 Å². The maximum Gasteiger partial charge on any atom is 0.0628 e. The van der Waals surface area contributed by atoms with Gasteiger partial charge in [-0.25, -0.2) is 0 Å². The number of aryl methyl sites for hydroxylation is 2. The number of aromatic nitrogens is 2. The van der Waals surface area contributed by atoms with Crippen LogP contribution in [0.25, 0.3) is 0 Å². The first-order valence-electron chi connectivity index (χ1n) is 7.02. The lowest BCUT2D eigenvalue weighted by Crippen LogP contribution is -2.30. The molecule has 0 aliphatic heterocycles. The Hall–Kier alpha value is -0.870. The lowest BCUT2D eigenvalue weighted by molar-refractivity contribution is 0.349. The molecule has 0 atom stereocenters. The third kappa shape index (κ3) is 4.10. The Kier molecular flexibility index (Phi) is 6.36. The van der Waals surface area contributed by atoms with E-state index >= 15 is 0 Å². The van der Waals surface area contributed by atoms with Crippen LogP contribution in [0.15, 0.2) is 0 Å². The molecular formula is C14H28N4. The van der Waals surface area contributed by atoms with Crippen molar-refractivity contribution in [3.63, 3.8) is 0 Å². The molecule has 0 bridgehead atoms. The van der Waals surface area contributed by atoms with Gasteiger partial charge in [-0.3, -0.25) is 4.68 Å². The summed E-state index contributed by atoms with van der Waals surface area (Å²) in [4.78, 5) is 2.32. The Morgan fingerprint density at radius 1 is 1.22 bits per heavy atom. The lowest BCUT2D eigenvalue weighted by Gasteiger charge is -2.14. The molecule has 0 fully saturated rings. The molecule has 1 heterocycles. The predicted octanol–water partition coefficient (Wildman–Crippen LogP) is 1.60. The highest BCUT2D eigenvalue weighted by Crippen LogP contribution is 2.12. The van der Waals surface area contributed by atoms with Crippen molar-refractivity contribution < 1.29 is 0 Å². The van der Waals surface area contributed by atoms with E-state index in [0.29, 0.717) is 0 Å². The summed E-state index contributed by atoms with van der Waals surface area (Å²) in [6, 6.07) is 0. The minimum absolute atomic E-state index is 0.960. The van der Waals surface area contributed by atoms with E-state index in [0.717, 1.165) is 39.1 Å². The summed E-state index contributed by atoms with van der Waals surface area (Å²) in [5.41, 5.74) is 3.91. The lowest BCUT2D eigenvalue weighted by atomic mass is 10.1. The minimum atomic E-state index is 0.960. The molecule has 0 amide bonds. The Balaban J connectivity index is 2.33. The summed E-state index contributed by atoms with van der Waals surface area (Å²) in [6.45, 7) is 13.9. The van der Waals surface area contributed by atoms with Crippen molar-refractivity contribution in [3.05, 3.63) is 17.0 Å². The van der Waals surface area contributed by atoms with E-state index < -0.39 is 0 Å². The first-order chi connectivity index (χ1) is 8.60. The molecule has 104 valence electrons. The van der Waals surface area contributed by atoms with E-state index in [4.69, 9.17) is 0 Å². The summed E-state index contributed by atoms with van der Waals surface area (Å²) in [6.07, 6.45) is 1.08. The largest absolute Gasteiger partial charge is 0.315 e. The van der Waals surface area contributed by atoms with Gasteiger partial charge in [0.1, 0.15) is 0 Å². The van der Waals surface area contributed by atoms with Gasteiger partial charge in [0.2, 0.25) is 0 Å². The Morgan fingerprint density at radius 2 is 1.94 bits per heavy atom. The van der Waals surface area contributed by atoms with Crippen LogP contribution in [0.2, 0.25) is 0 Å². The van der Waals surface area contributed by atoms with E-state index in [2.05, 4.69) is 54.7 Å². The van der Waals surface area contributed by atoms with Crippen molar-refractivity contribution in [2.24, 2.45) is 0 Å². The van der Waals surface area contributed by atoms with E-state index in [1.807, 2.05) is 0 Å². The average Bonchev–Trinajstić information content (AvgIpc) is 2.64. The van der Waals surface area contributed by atoms with Crippen molar-refractivity contribution in [3.8, 4) is 0 Å². The van der Waals surface area contributed by atoms with E-state index in [9.17, 15) is 0 Å². The molecule has 4 heteroatoms. The zero-order chi connectivity index (χ0) is 13.5. The number of likely N-dealkylation sites (N-methyl/N-ethyl adjacent to an activating group) is 1. The SMILES string of the molecule is CCN(C)CCNCCc1c(C)nn(CC)c1C. The zero-order valence-corrected chi connectivity index (χ0v) is 12.6. The van der Waals surface area contributed by atoms with Gasteiger partial charge in [-0.1, -0.05) is 6.92 Å². The van der Waals surface area contributed by atoms with Gasteiger partial charge in [-0.2, -0.15) is 5.10 Å². The minimum Gasteiger partial charge on any atom is -0.315 e. The molecule has 4 nitrogen and oxygen atoms in total. The molecule has 0 aliphatic carbocycles. The third-order valence-electron chi connectivity index (χ3n) is 3.59. The number of nitrogens with zero attached hydrogens (tertiary/aromatic N) is 3. The first kappa shape index (κ1) is 15.2. The fraction of sp³-hybridized carbons (Fsp3) is 0.786. The van der Waals surface area contributed by atoms with Gasteiger partial charge in [0.05, 0.1) is 5.69 Å². The molecule has 0 saturated carbocycles. The Morgan fingerprint density at radius 3 is 2.50 bits per heavy atom. The standard InChI is InChI=1S/C14H28N4/c1-6-17(5)11-10-15-9-8-14-12(3)16-18(7-2)13(14)4/h15H,6-11H2,1-5H3. The van der Waals surface area contributed by atoms with Gasteiger partial charge >= 0.3 is 0 Å². The number of hydrogen-bond acceptors (Lipinski definition) is 3. The van der Waals surface area contributed by atoms with Crippen molar-refractivity contribution in [2.45, 2.75) is 40.7 Å². The van der Waals surface area contributed by atoms with Crippen LogP contribution in [0.4, 0.5) is 0 Å². The Bertz CT molecular complexity index is 357. The normalized spacial score (nSPS) is 11.4. The highest BCUT2D eigenvalue weighted by molar-refractivity contribution is 5.24. The van der Waals surface area contributed by atoms with Crippen LogP contribution in [0.3, 0.4) is 0 Å². The third-order valence-corrected chi connectivity index (χ3v) is 3.59. The summed E-state index contributed by atoms with van der Waals surface area (Å²) in [5, 5.41) is 8.05. The monoisotopic (exact) mass is 252 g/mol. The molecule has 1 aromatic heterocycles. The van der Waals surface area contributed by atoms with Crippen LogP contribution in [0, 0.1) is 13.8 Å². The molecule has 0 aromatic carbocycles. The molecule has 0 spiro atoms. The second kappa shape index (κ2) is 7.54. The van der Waals surface area contributed by atoms with Crippen molar-refractivity contribution >= 4 is 0 Å². The van der Waals surface area contributed by atoms with Crippen LogP contribution >= 0.6 is 0 Å². The maximum absolute atomic E-state index is 4.55. The van der Waals surface area contributed by atoms with Crippen LogP contribution in [-0.2, 0) is 13.0 Å². The fourth-order valence-corrected chi connectivity index (χ4v) is 2.17. The van der Waals surface area contributed by atoms with Crippen LogP contribution in [0.5, 0.6) is 0 Å². The fourth-order valence-electron chi connectivity index (χ4n) is 2.17. The van der Waals surface area contributed by atoms with E-state index in [1.54, 1.807) is 0 Å². The molecule has 18 heavy (non-hydrogen) atoms. The Labute approximate surface area is 111 Å². The summed E-state index contributed by atoms with van der Waals surface area (Å²) in [7, 11) is 2.15. The molecule has 0 saturated heterocycles. The van der Waals surface area contributed by atoms with Crippen molar-refractivity contribution in [2.75, 3.05) is 33.2 Å². The number of nitrogens with one attached hydrogen (secondary N) is 1. The zero-order valence-electron chi connectivity index (χ0n) is 12.6. The molecule has 0 unspecified atom stereocenters. The molecule has 1 aromatic rings. The summed E-state index contributed by atoms with van der Waals surface area (Å²) in [5.74, 6) is 0. The molecule has 1 N–H and O–H groups in total. The molecular weight excluding hydrogens is 224 g/mol. The van der Waals surface area contributed by atoms with Gasteiger partial charge in [-0.05, 0) is 52.9 Å². The predicted molar refractivity (Wildman–Crippen MR) is 77.1 cm³/mol. The van der Waals surface area contributed by atoms with Gasteiger partial charge < -0.3 is 10.2 Å². The second-order valence-corrected chi connectivity index (χ2v) is 4.86. The van der Waals surface area contributed by atoms with Crippen LogP contribution in [-0.4, -0.2) is 47.9 Å². The highest BCUT2D eigenvalue weighted by atomic mass is 15.3. The van der Waals surface area contributed by atoms with Crippen LogP contribution in [0.1, 0.15) is 30.8 Å². The van der Waals surface area contributed by atoms with Crippen LogP contribution < -0.4 is 5.32 Å². The average molecular weight is 252 g/mol. The van der Waals surface area contributed by atoms with Gasteiger partial charge in [0.15, 0.2) is 0 Å². The van der Waals surface area contributed by atoms with Gasteiger partial charge in [0.25, 0.3) is 0 Å². The first-order valence-corrected chi connectivity index (χ1v) is 7.02. The number of rotatable bonds is 8. The van der Waals surface area contributed by atoms with E-state index in [1.165, 1.54) is 17.0 Å². The second-order valence-electron chi connectivity index (χ2n) is 4.86. The maximum atomic E-state index is 4.55. The number of hydrogen-bond donors (Lipinski definition) is 1. The molecule has 1 rings (SSSR count). The van der Waals surface area contributed by atoms with Gasteiger partial charge in [0, 0.05) is 25.3 Å². The highest BCUT2D eigenvalue weighted by Gasteiger charge is 2.09. The van der Waals surface area contributed by atoms with Gasteiger partial charge in [-0.15, -0.1) is 0 Å². The van der Waals surface area contributed by atoms with Crippen molar-refractivity contribution in [1.82, 2.24) is 20.0 Å². The van der Waals surface area contributed by atoms with Crippen molar-refractivity contribution in [1.29, 1.82) is 0 Å². The smallest absolute Gasteiger partial charge is 0.0628 e.